The molecule has 17 N–H and O–H groups in total. The molecule has 1 aromatic heterocycles. The molecule has 0 unspecified atom stereocenters. The third-order valence-electron chi connectivity index (χ3n) is 16.8. The zero-order chi connectivity index (χ0) is 71.0. The third-order valence-corrected chi connectivity index (χ3v) is 17.1. The molecule has 0 radical (unpaired) electrons. The highest BCUT2D eigenvalue weighted by Gasteiger charge is 2.41. The van der Waals surface area contributed by atoms with Gasteiger partial charge in [-0.1, -0.05) is 86.1 Å². The number of carbonyl (C=O) groups excluding carboxylic acids is 13. The first-order chi connectivity index (χ1) is 46.8. The molecule has 3 fully saturated rings. The second-order valence-electron chi connectivity index (χ2n) is 25.1. The van der Waals surface area contributed by atoms with Crippen LogP contribution in [0.3, 0.4) is 0 Å². The summed E-state index contributed by atoms with van der Waals surface area (Å²) in [6.45, 7) is 4.05. The van der Waals surface area contributed by atoms with Crippen molar-refractivity contribution in [3.63, 3.8) is 0 Å². The van der Waals surface area contributed by atoms with Crippen molar-refractivity contribution >= 4 is 105 Å². The number of carbonyl (C=O) groups is 13. The van der Waals surface area contributed by atoms with E-state index >= 15 is 24.0 Å². The van der Waals surface area contributed by atoms with Gasteiger partial charge in [0.05, 0.1) is 6.42 Å². The van der Waals surface area contributed by atoms with Gasteiger partial charge in [-0.25, -0.2) is 0 Å². The predicted octanol–water partition coefficient (Wildman–Crippen LogP) is -1.52. The van der Waals surface area contributed by atoms with Crippen LogP contribution in [0.15, 0.2) is 96.2 Å². The van der Waals surface area contributed by atoms with Crippen LogP contribution in [0.2, 0.25) is 5.02 Å². The van der Waals surface area contributed by atoms with E-state index < -0.39 is 150 Å². The van der Waals surface area contributed by atoms with Gasteiger partial charge in [-0.3, -0.25) is 72.3 Å². The lowest BCUT2D eigenvalue weighted by Crippen LogP contribution is -2.61. The van der Waals surface area contributed by atoms with Crippen LogP contribution in [0.4, 0.5) is 0 Å². The van der Waals surface area contributed by atoms with Crippen LogP contribution in [0.5, 0.6) is 0 Å². The average Bonchev–Trinajstić information content (AvgIpc) is 1.52. The molecule has 13 amide bonds. The van der Waals surface area contributed by atoms with E-state index in [0.717, 1.165) is 17.7 Å². The summed E-state index contributed by atoms with van der Waals surface area (Å²) in [7, 11) is 0. The number of pyridine rings is 1. The van der Waals surface area contributed by atoms with E-state index in [2.05, 4.69) is 68.5 Å². The third kappa shape index (κ3) is 23.2. The SMILES string of the molecule is CC(=O)N[C@H]1CCC(=O)NCCCC[C@@H]2NC(=O)[C@H](CC(C)C)NC(=O)[C@@H](Cc3ccc4ccccc4c3)NC(=O)[C@H](CCCN=C(N)N)NC(=O)[C@H](CC(=O)NC[C@H](C(N)=O)NC(=O)[C@@H]3CCCN3C2=O)NC(=O)[C@@H](Cc2cccnc2)NC(=O)[C@H](Cc2ccc(Cl)cc2)NC1=O. The van der Waals surface area contributed by atoms with Crippen LogP contribution in [-0.2, 0) is 81.6 Å². The Kier molecular flexibility index (Phi) is 28.2. The highest BCUT2D eigenvalue weighted by atomic mass is 35.5. The molecule has 31 heteroatoms. The van der Waals surface area contributed by atoms with Gasteiger partial charge in [0.25, 0.3) is 0 Å². The quantitative estimate of drug-likeness (QED) is 0.0387. The molecule has 10 atom stereocenters. The molecule has 3 aliphatic rings. The van der Waals surface area contributed by atoms with Crippen molar-refractivity contribution in [3.8, 4) is 0 Å². The Bertz CT molecular complexity index is 3580. The van der Waals surface area contributed by atoms with Crippen LogP contribution >= 0.6 is 11.6 Å². The molecular formula is C67H88ClN17O13. The van der Waals surface area contributed by atoms with Crippen LogP contribution in [0, 0.1) is 5.92 Å². The van der Waals surface area contributed by atoms with E-state index in [9.17, 15) is 38.4 Å². The summed E-state index contributed by atoms with van der Waals surface area (Å²) in [5.41, 5.74) is 18.6. The van der Waals surface area contributed by atoms with Gasteiger partial charge in [0, 0.05) is 76.2 Å². The average molecular weight is 1370 g/mol. The molecule has 7 rings (SSSR count). The van der Waals surface area contributed by atoms with E-state index in [0.29, 0.717) is 28.1 Å². The van der Waals surface area contributed by atoms with Crippen molar-refractivity contribution in [2.24, 2.45) is 28.1 Å². The Morgan fingerprint density at radius 2 is 1.22 bits per heavy atom. The summed E-state index contributed by atoms with van der Waals surface area (Å²) in [4.78, 5) is 197. The topological polar surface area (TPSA) is 461 Å². The summed E-state index contributed by atoms with van der Waals surface area (Å²) < 4.78 is 0. The van der Waals surface area contributed by atoms with Crippen molar-refractivity contribution in [1.29, 1.82) is 0 Å². The van der Waals surface area contributed by atoms with E-state index in [4.69, 9.17) is 28.8 Å². The number of primary amides is 1. The Labute approximate surface area is 571 Å². The minimum Gasteiger partial charge on any atom is -0.370 e. The smallest absolute Gasteiger partial charge is 0.245 e. The van der Waals surface area contributed by atoms with Gasteiger partial charge >= 0.3 is 0 Å². The fraction of sp³-hybridized carbons (Fsp3) is 0.478. The predicted molar refractivity (Wildman–Crippen MR) is 361 cm³/mol. The van der Waals surface area contributed by atoms with Gasteiger partial charge in [-0.15, -0.1) is 0 Å². The Morgan fingerprint density at radius 3 is 1.89 bits per heavy atom. The number of aliphatic imine (C=N–C) groups is 1. The van der Waals surface area contributed by atoms with Gasteiger partial charge in [-0.2, -0.15) is 0 Å². The van der Waals surface area contributed by atoms with Crippen LogP contribution in [0.1, 0.15) is 108 Å². The van der Waals surface area contributed by atoms with Crippen molar-refractivity contribution in [3.05, 3.63) is 113 Å². The number of benzene rings is 3. The number of aromatic nitrogens is 1. The standard InChI is InChI=1S/C67H88ClN17O13/c1-37(2)29-48-60(92)78-47-14-6-7-26-73-55(87)24-23-46(76-38(3)86)59(91)80-49(31-39-18-21-44(68)22-19-39)61(93)82-51(33-41-11-8-25-72-35-41)63(95)83-52(34-56(88)75-36-53(57(69)89)84-65(97)54-16-10-28-85(54)66(47)98)64(96)77-45(15-9-27-74-67(70)71)58(90)81-50(62(94)79-48)32-40-17-20-42-12-4-5-13-43(42)30-40/h4-5,8,11-13,17-22,25,30,35,37,45-54H,6-7,9-10,14-16,23-24,26-29,31-34,36H2,1-3H3,(H2,69,89)(H,73,87)(H,75,88)(H,76,86)(H,77,96)(H,78,92)(H,79,94)(H,80,91)(H,81,90)(H,82,93)(H,83,95)(H,84,97)(H4,70,71,74)/t45-,46-,47-,48-,49-,50+,51+,52-,53+,54-/m0/s1. The number of nitrogens with two attached hydrogens (primary N) is 3. The lowest BCUT2D eigenvalue weighted by Gasteiger charge is -2.31. The van der Waals surface area contributed by atoms with Gasteiger partial charge in [0.2, 0.25) is 76.8 Å². The molecule has 3 saturated heterocycles. The van der Waals surface area contributed by atoms with Gasteiger partial charge in [-0.05, 0) is 109 Å². The molecule has 30 nitrogen and oxygen atoms in total. The highest BCUT2D eigenvalue weighted by Crippen LogP contribution is 2.23. The van der Waals surface area contributed by atoms with Crippen LogP contribution in [-0.4, -0.2) is 179 Å². The number of hydrogen-bond acceptors (Lipinski definition) is 15. The number of nitrogens with zero attached hydrogens (tertiary/aromatic N) is 3. The van der Waals surface area contributed by atoms with Gasteiger partial charge in [0.1, 0.15) is 60.4 Å². The van der Waals surface area contributed by atoms with Gasteiger partial charge in [0.15, 0.2) is 5.96 Å². The summed E-state index contributed by atoms with van der Waals surface area (Å²) in [6.07, 6.45) is 1.08. The number of fused-ring (bicyclic) bond motifs is 9. The summed E-state index contributed by atoms with van der Waals surface area (Å²) in [5.74, 6) is -12.2. The lowest BCUT2D eigenvalue weighted by atomic mass is 9.98. The maximum Gasteiger partial charge on any atom is 0.245 e. The fourth-order valence-corrected chi connectivity index (χ4v) is 11.9. The number of guanidine groups is 1. The molecule has 3 aliphatic heterocycles. The van der Waals surface area contributed by atoms with Crippen molar-refractivity contribution < 1.29 is 62.3 Å². The minimum atomic E-state index is -1.97. The zero-order valence-corrected chi connectivity index (χ0v) is 55.8. The number of halogens is 1. The van der Waals surface area contributed by atoms with Gasteiger partial charge < -0.3 is 80.6 Å². The second kappa shape index (κ2) is 36.7. The van der Waals surface area contributed by atoms with Crippen molar-refractivity contribution in [1.82, 2.24) is 68.4 Å². The summed E-state index contributed by atoms with van der Waals surface area (Å²) in [6, 6.07) is 7.00. The molecule has 0 saturated carbocycles. The molecule has 98 heavy (non-hydrogen) atoms. The molecule has 2 bridgehead atoms. The number of amides is 13. The largest absolute Gasteiger partial charge is 0.370 e. The van der Waals surface area contributed by atoms with Crippen LogP contribution < -0.4 is 75.7 Å². The normalized spacial score (nSPS) is 24.5. The van der Waals surface area contributed by atoms with E-state index in [-0.39, 0.29) is 109 Å². The molecular weight excluding hydrogens is 1290 g/mol. The summed E-state index contributed by atoms with van der Waals surface area (Å²) in [5, 5.41) is 31.4. The highest BCUT2D eigenvalue weighted by molar-refractivity contribution is 6.30. The minimum absolute atomic E-state index is 0.00889. The monoisotopic (exact) mass is 1370 g/mol. The first-order valence-corrected chi connectivity index (χ1v) is 33.2. The second-order valence-corrected chi connectivity index (χ2v) is 25.5. The number of rotatable bonds is 14. The van der Waals surface area contributed by atoms with Crippen molar-refractivity contribution in [2.45, 2.75) is 171 Å². The molecule has 0 aliphatic carbocycles. The fourth-order valence-electron chi connectivity index (χ4n) is 11.7. The Morgan fingerprint density at radius 1 is 0.612 bits per heavy atom. The Hall–Kier alpha value is -10.3. The lowest BCUT2D eigenvalue weighted by molar-refractivity contribution is -0.142. The first-order valence-electron chi connectivity index (χ1n) is 32.8. The molecule has 4 aromatic rings. The molecule has 3 aromatic carbocycles. The number of hydrogen-bond donors (Lipinski definition) is 14. The molecule has 0 spiro atoms. The first kappa shape index (κ1) is 75.1. The number of nitrogens with one attached hydrogen (secondary N) is 11. The molecule has 526 valence electrons. The van der Waals surface area contributed by atoms with E-state index in [1.165, 1.54) is 17.3 Å². The van der Waals surface area contributed by atoms with E-state index in [1.54, 1.807) is 56.3 Å². The van der Waals surface area contributed by atoms with Crippen molar-refractivity contribution in [2.75, 3.05) is 26.2 Å². The Balaban J connectivity index is 1.38. The van der Waals surface area contributed by atoms with E-state index in [1.807, 2.05) is 36.4 Å². The zero-order valence-electron chi connectivity index (χ0n) is 55.0. The maximum atomic E-state index is 15.2. The van der Waals surface area contributed by atoms with Crippen LogP contribution in [0.25, 0.3) is 10.8 Å². The summed E-state index contributed by atoms with van der Waals surface area (Å²) >= 11 is 6.23. The molecule has 4 heterocycles. The maximum absolute atomic E-state index is 15.2.